The standard InChI is InChI=1S/C27H34ClIN4O8S/c1-16-30-12-21(42-16)26(38)33-20(14-40-4)25(37)32-19(13-39-3)24(36)31-18(10-17-8-6-5-7-9-17)23(35)27(2,15-29)41-22(34)11-28/h5-9,12,18-20H,10-11,13-15H2,1-4H3,(H,31,36)(H,32,37)(H,33,38)/t18?,19-,20-,27+/m0/s1. The third-order valence-electron chi connectivity index (χ3n) is 5.91. The lowest BCUT2D eigenvalue weighted by atomic mass is 9.92. The molecular weight excluding hydrogens is 703 g/mol. The van der Waals surface area contributed by atoms with E-state index in [2.05, 4.69) is 20.9 Å². The van der Waals surface area contributed by atoms with Gasteiger partial charge in [0.25, 0.3) is 5.91 Å². The van der Waals surface area contributed by atoms with Crippen LogP contribution >= 0.6 is 45.5 Å². The number of rotatable bonds is 17. The predicted octanol–water partition coefficient (Wildman–Crippen LogP) is 1.60. The number of ether oxygens (including phenoxy) is 3. The zero-order valence-electron chi connectivity index (χ0n) is 23.6. The minimum absolute atomic E-state index is 0.0837. The number of ketones is 1. The third kappa shape index (κ3) is 10.6. The van der Waals surface area contributed by atoms with Crippen LogP contribution in [0.5, 0.6) is 0 Å². The molecule has 0 aliphatic carbocycles. The zero-order valence-corrected chi connectivity index (χ0v) is 27.3. The SMILES string of the molecule is COC[C@H](NC(=O)c1cnc(C)s1)C(=O)N[C@@H](COC)C(=O)NC(Cc1ccccc1)C(=O)[C@@](C)(CI)OC(=O)CCl. The number of nitrogens with one attached hydrogen (secondary N) is 3. The highest BCUT2D eigenvalue weighted by atomic mass is 127. The summed E-state index contributed by atoms with van der Waals surface area (Å²) in [7, 11) is 2.71. The van der Waals surface area contributed by atoms with Crippen molar-refractivity contribution in [3.8, 4) is 0 Å². The van der Waals surface area contributed by atoms with Gasteiger partial charge in [0.2, 0.25) is 11.8 Å². The minimum Gasteiger partial charge on any atom is -0.450 e. The smallest absolute Gasteiger partial charge is 0.321 e. The lowest BCUT2D eigenvalue weighted by Crippen LogP contribution is -2.60. The average Bonchev–Trinajstić information content (AvgIpc) is 3.42. The minimum atomic E-state index is -1.58. The Bertz CT molecular complexity index is 1230. The topological polar surface area (TPSA) is 162 Å². The number of amides is 3. The maximum absolute atomic E-state index is 13.7. The van der Waals surface area contributed by atoms with Gasteiger partial charge in [-0.3, -0.25) is 24.0 Å². The first-order chi connectivity index (χ1) is 20.0. The van der Waals surface area contributed by atoms with Gasteiger partial charge in [-0.25, -0.2) is 4.98 Å². The van der Waals surface area contributed by atoms with E-state index in [-0.39, 0.29) is 24.1 Å². The maximum atomic E-state index is 13.7. The van der Waals surface area contributed by atoms with Crippen molar-refractivity contribution in [2.45, 2.75) is 44.0 Å². The number of carbonyl (C=O) groups excluding carboxylic acids is 5. The van der Waals surface area contributed by atoms with Crippen LogP contribution in [0.1, 0.15) is 27.2 Å². The van der Waals surface area contributed by atoms with Crippen molar-refractivity contribution in [1.82, 2.24) is 20.9 Å². The normalized spacial score (nSPS) is 14.5. The molecule has 1 aromatic heterocycles. The number of alkyl halides is 2. The quantitative estimate of drug-likeness (QED) is 0.125. The Balaban J connectivity index is 2.27. The first kappa shape index (κ1) is 35.5. The van der Waals surface area contributed by atoms with Gasteiger partial charge in [-0.1, -0.05) is 52.9 Å². The first-order valence-electron chi connectivity index (χ1n) is 12.7. The fraction of sp³-hybridized carbons (Fsp3) is 0.481. The van der Waals surface area contributed by atoms with Gasteiger partial charge in [0.15, 0.2) is 11.4 Å². The molecule has 2 aromatic rings. The molecule has 3 N–H and O–H groups in total. The molecule has 12 nitrogen and oxygen atoms in total. The van der Waals surface area contributed by atoms with Crippen molar-refractivity contribution in [3.63, 3.8) is 0 Å². The fourth-order valence-electron chi connectivity index (χ4n) is 3.79. The molecule has 0 radical (unpaired) electrons. The number of thiazole rings is 1. The van der Waals surface area contributed by atoms with Crippen molar-refractivity contribution in [1.29, 1.82) is 0 Å². The summed E-state index contributed by atoms with van der Waals surface area (Å²) >= 11 is 8.69. The largest absolute Gasteiger partial charge is 0.450 e. The number of Topliss-reactive ketones (excluding diaryl/α,β-unsaturated/α-hetero) is 1. The lowest BCUT2D eigenvalue weighted by Gasteiger charge is -2.31. The summed E-state index contributed by atoms with van der Waals surface area (Å²) in [6, 6.07) is 5.44. The molecule has 0 spiro atoms. The predicted molar refractivity (Wildman–Crippen MR) is 165 cm³/mol. The molecule has 0 aliphatic rings. The van der Waals surface area contributed by atoms with Gasteiger partial charge in [-0.2, -0.15) is 0 Å². The van der Waals surface area contributed by atoms with Crippen LogP contribution in [0.3, 0.4) is 0 Å². The number of methoxy groups -OCH3 is 2. The number of aryl methyl sites for hydroxylation is 1. The zero-order chi connectivity index (χ0) is 31.3. The van der Waals surface area contributed by atoms with E-state index < -0.39 is 59.1 Å². The summed E-state index contributed by atoms with van der Waals surface area (Å²) < 4.78 is 15.7. The number of hydrogen-bond donors (Lipinski definition) is 3. The summed E-state index contributed by atoms with van der Waals surface area (Å²) in [4.78, 5) is 69.4. The van der Waals surface area contributed by atoms with E-state index in [4.69, 9.17) is 25.8 Å². The Labute approximate surface area is 266 Å². The molecule has 4 atom stereocenters. The van der Waals surface area contributed by atoms with E-state index >= 15 is 0 Å². The molecule has 1 unspecified atom stereocenters. The van der Waals surface area contributed by atoms with Crippen LogP contribution in [0.25, 0.3) is 0 Å². The van der Waals surface area contributed by atoms with Crippen LogP contribution in [0.15, 0.2) is 36.5 Å². The number of halogens is 2. The van der Waals surface area contributed by atoms with Crippen molar-refractivity contribution in [2.24, 2.45) is 0 Å². The van der Waals surface area contributed by atoms with E-state index in [1.165, 1.54) is 27.3 Å². The first-order valence-corrected chi connectivity index (χ1v) is 15.6. The van der Waals surface area contributed by atoms with Crippen LogP contribution in [0, 0.1) is 6.92 Å². The maximum Gasteiger partial charge on any atom is 0.321 e. The highest BCUT2D eigenvalue weighted by Crippen LogP contribution is 2.21. The van der Waals surface area contributed by atoms with Crippen LogP contribution in [0.2, 0.25) is 0 Å². The summed E-state index contributed by atoms with van der Waals surface area (Å²) in [5, 5.41) is 8.52. The second kappa shape index (κ2) is 17.5. The summed E-state index contributed by atoms with van der Waals surface area (Å²) in [5.41, 5.74) is -0.841. The molecule has 15 heteroatoms. The Morgan fingerprint density at radius 3 is 2.05 bits per heavy atom. The van der Waals surface area contributed by atoms with Gasteiger partial charge in [-0.05, 0) is 25.8 Å². The molecule has 230 valence electrons. The lowest BCUT2D eigenvalue weighted by molar-refractivity contribution is -0.161. The second-order valence-corrected chi connectivity index (χ2v) is 11.6. The van der Waals surface area contributed by atoms with E-state index in [1.54, 1.807) is 31.2 Å². The van der Waals surface area contributed by atoms with Crippen molar-refractivity contribution in [3.05, 3.63) is 52.0 Å². The average molecular weight is 737 g/mol. The second-order valence-electron chi connectivity index (χ2n) is 9.33. The number of benzene rings is 1. The van der Waals surface area contributed by atoms with Crippen molar-refractivity contribution in [2.75, 3.05) is 37.7 Å². The molecule has 42 heavy (non-hydrogen) atoms. The van der Waals surface area contributed by atoms with E-state index in [0.29, 0.717) is 9.88 Å². The van der Waals surface area contributed by atoms with E-state index in [1.807, 2.05) is 28.7 Å². The third-order valence-corrected chi connectivity index (χ3v) is 8.49. The molecular formula is C27H34ClIN4O8S. The molecule has 0 fully saturated rings. The monoisotopic (exact) mass is 736 g/mol. The number of carbonyl (C=O) groups is 5. The highest BCUT2D eigenvalue weighted by Gasteiger charge is 2.42. The Kier molecular flexibility index (Phi) is 14.8. The molecule has 0 saturated heterocycles. The van der Waals surface area contributed by atoms with Crippen LogP contribution in [-0.2, 0) is 39.8 Å². The Morgan fingerprint density at radius 2 is 1.55 bits per heavy atom. The number of hydrogen-bond acceptors (Lipinski definition) is 10. The van der Waals surface area contributed by atoms with Gasteiger partial charge in [0.1, 0.15) is 22.8 Å². The molecule has 3 amide bonds. The van der Waals surface area contributed by atoms with Crippen LogP contribution in [0.4, 0.5) is 0 Å². The fourth-order valence-corrected chi connectivity index (χ4v) is 5.06. The summed E-state index contributed by atoms with van der Waals surface area (Å²) in [6.45, 7) is 2.78. The number of aromatic nitrogens is 1. The molecule has 1 heterocycles. The molecule has 1 aromatic carbocycles. The van der Waals surface area contributed by atoms with Gasteiger partial charge in [0.05, 0.1) is 30.5 Å². The van der Waals surface area contributed by atoms with E-state index in [9.17, 15) is 24.0 Å². The Hall–Kier alpha value is -2.66. The highest BCUT2D eigenvalue weighted by molar-refractivity contribution is 14.1. The Morgan fingerprint density at radius 1 is 0.976 bits per heavy atom. The van der Waals surface area contributed by atoms with Gasteiger partial charge in [0, 0.05) is 18.6 Å². The van der Waals surface area contributed by atoms with Gasteiger partial charge < -0.3 is 30.2 Å². The van der Waals surface area contributed by atoms with Crippen LogP contribution < -0.4 is 16.0 Å². The van der Waals surface area contributed by atoms with Crippen LogP contribution in [-0.4, -0.2) is 95.9 Å². The molecule has 2 rings (SSSR count). The summed E-state index contributed by atoms with van der Waals surface area (Å²) in [6.07, 6.45) is 1.48. The van der Waals surface area contributed by atoms with Crippen molar-refractivity contribution < 1.29 is 38.2 Å². The molecule has 0 saturated carbocycles. The number of nitrogens with zero attached hydrogens (tertiary/aromatic N) is 1. The van der Waals surface area contributed by atoms with Gasteiger partial charge in [-0.15, -0.1) is 22.9 Å². The van der Waals surface area contributed by atoms with Crippen molar-refractivity contribution >= 4 is 75.0 Å². The molecule has 0 bridgehead atoms. The van der Waals surface area contributed by atoms with E-state index in [0.717, 1.165) is 16.9 Å². The molecule has 0 aliphatic heterocycles. The summed E-state index contributed by atoms with van der Waals surface area (Å²) in [5.74, 6) is -3.73. The van der Waals surface area contributed by atoms with Gasteiger partial charge >= 0.3 is 5.97 Å². The number of esters is 1.